The Bertz CT molecular complexity index is 1780. The summed E-state index contributed by atoms with van der Waals surface area (Å²) in [7, 11) is 9.60. The fourth-order valence-corrected chi connectivity index (χ4v) is 8.31. The molecule has 0 radical (unpaired) electrons. The molecule has 3 N–H and O–H groups in total. The van der Waals surface area contributed by atoms with Crippen LogP contribution in [0.3, 0.4) is 0 Å². The van der Waals surface area contributed by atoms with Crippen LogP contribution in [0, 0.1) is 0 Å². The second kappa shape index (κ2) is 41.3. The molecule has 11 nitrogen and oxygen atoms in total. The van der Waals surface area contributed by atoms with Crippen LogP contribution in [0.4, 0.5) is 0 Å². The average molecular weight is 981 g/mol. The molecule has 0 aromatic heterocycles. The molecule has 0 amide bonds. The predicted octanol–water partition coefficient (Wildman–Crippen LogP) is 13.4. The molecule has 0 saturated heterocycles. The van der Waals surface area contributed by atoms with Gasteiger partial charge in [-0.15, -0.1) is 0 Å². The van der Waals surface area contributed by atoms with Crippen molar-refractivity contribution >= 4 is 11.6 Å². The second-order valence-electron chi connectivity index (χ2n) is 18.5. The van der Waals surface area contributed by atoms with Crippen molar-refractivity contribution in [3.63, 3.8) is 0 Å². The quantitative estimate of drug-likeness (QED) is 0.0471. The highest BCUT2D eigenvalue weighted by Gasteiger charge is 2.17. The second-order valence-corrected chi connectivity index (χ2v) is 18.5. The van der Waals surface area contributed by atoms with E-state index in [4.69, 9.17) is 28.4 Å². The van der Waals surface area contributed by atoms with Crippen molar-refractivity contribution < 1.29 is 53.3 Å². The SMILES string of the molecule is CCCCCCCC(=O)CC(O)Cc1ccc(OC)c(OC)c1.CCCCCCCCCC(=O)C(O)Cc1ccc(OC)c(OC)c1.CCCCCCCCCCC(O)Cc1ccc(OC)c(OC)c1. The molecular formula is C59H96O11. The number of hydrogen-bond donors (Lipinski definition) is 3. The van der Waals surface area contributed by atoms with Crippen LogP contribution in [0.15, 0.2) is 54.6 Å². The number of hydrogen-bond acceptors (Lipinski definition) is 11. The zero-order chi connectivity index (χ0) is 51.8. The molecule has 0 aliphatic heterocycles. The molecule has 398 valence electrons. The van der Waals surface area contributed by atoms with E-state index in [0.717, 1.165) is 66.7 Å². The van der Waals surface area contributed by atoms with Gasteiger partial charge in [0.05, 0.1) is 54.9 Å². The topological polar surface area (TPSA) is 150 Å². The van der Waals surface area contributed by atoms with E-state index in [9.17, 15) is 24.9 Å². The maximum atomic E-state index is 12.1. The molecule has 0 aliphatic carbocycles. The first kappa shape index (κ1) is 63.7. The van der Waals surface area contributed by atoms with Crippen molar-refractivity contribution in [3.05, 3.63) is 71.3 Å². The Kier molecular flexibility index (Phi) is 37.6. The summed E-state index contributed by atoms with van der Waals surface area (Å²) < 4.78 is 31.4. The van der Waals surface area contributed by atoms with Gasteiger partial charge in [0.1, 0.15) is 11.9 Å². The van der Waals surface area contributed by atoms with Crippen molar-refractivity contribution in [3.8, 4) is 34.5 Å². The molecule has 0 spiro atoms. The molecule has 3 aromatic carbocycles. The van der Waals surface area contributed by atoms with E-state index in [-0.39, 0.29) is 24.1 Å². The Morgan fingerprint density at radius 3 is 1.11 bits per heavy atom. The van der Waals surface area contributed by atoms with Crippen LogP contribution in [-0.2, 0) is 28.9 Å². The first-order chi connectivity index (χ1) is 33.9. The number of benzene rings is 3. The standard InChI is InChI=1S/C20H32O4.C20H34O3.C19H30O4/c1-4-5-6-7-8-9-10-11-17(21)18(22)14-16-12-13-19(23-2)20(15-16)24-3;1-4-5-6-7-8-9-10-11-12-18(21)15-17-13-14-19(22-2)20(16-17)23-3;1-4-5-6-7-8-9-16(20)14-17(21)12-15-10-11-18(22-2)19(13-15)23-3/h12-13,15,18,22H,4-11,14H2,1-3H3;13-14,16,18,21H,4-12,15H2,1-3H3;10-11,13,17,21H,4-9,12,14H2,1-3H3. The smallest absolute Gasteiger partial charge is 0.161 e. The van der Waals surface area contributed by atoms with Gasteiger partial charge in [0.25, 0.3) is 0 Å². The summed E-state index contributed by atoms with van der Waals surface area (Å²) >= 11 is 0. The molecule has 0 aliphatic rings. The van der Waals surface area contributed by atoms with Gasteiger partial charge in [0.2, 0.25) is 0 Å². The molecule has 0 saturated carbocycles. The van der Waals surface area contributed by atoms with Crippen molar-refractivity contribution in [2.75, 3.05) is 42.7 Å². The monoisotopic (exact) mass is 981 g/mol. The van der Waals surface area contributed by atoms with Crippen molar-refractivity contribution in [2.24, 2.45) is 0 Å². The number of carbonyl (C=O) groups is 2. The Labute approximate surface area is 424 Å². The maximum absolute atomic E-state index is 12.1. The minimum atomic E-state index is -0.941. The van der Waals surface area contributed by atoms with E-state index in [1.807, 2.05) is 48.5 Å². The molecule has 0 heterocycles. The third-order valence-electron chi connectivity index (χ3n) is 12.5. The van der Waals surface area contributed by atoms with Gasteiger partial charge < -0.3 is 43.7 Å². The summed E-state index contributed by atoms with van der Waals surface area (Å²) in [5, 5.41) is 30.4. The van der Waals surface area contributed by atoms with E-state index in [1.165, 1.54) is 96.3 Å². The summed E-state index contributed by atoms with van der Waals surface area (Å²) in [5.41, 5.74) is 2.90. The van der Waals surface area contributed by atoms with Crippen LogP contribution in [0.2, 0.25) is 0 Å². The number of ketones is 2. The van der Waals surface area contributed by atoms with Gasteiger partial charge in [-0.25, -0.2) is 0 Å². The zero-order valence-electron chi connectivity index (χ0n) is 45.1. The van der Waals surface area contributed by atoms with Gasteiger partial charge >= 0.3 is 0 Å². The average Bonchev–Trinajstić information content (AvgIpc) is 3.36. The predicted molar refractivity (Wildman–Crippen MR) is 286 cm³/mol. The van der Waals surface area contributed by atoms with E-state index in [2.05, 4.69) is 20.8 Å². The zero-order valence-corrected chi connectivity index (χ0v) is 45.1. The number of unbranched alkanes of at least 4 members (excludes halogenated alkanes) is 17. The Morgan fingerprint density at radius 1 is 0.400 bits per heavy atom. The van der Waals surface area contributed by atoms with Gasteiger partial charge in [-0.1, -0.05) is 155 Å². The number of aliphatic hydroxyl groups excluding tert-OH is 3. The van der Waals surface area contributed by atoms with Gasteiger partial charge in [0, 0.05) is 25.7 Å². The fourth-order valence-electron chi connectivity index (χ4n) is 8.31. The van der Waals surface area contributed by atoms with Gasteiger partial charge in [0.15, 0.2) is 40.3 Å². The lowest BCUT2D eigenvalue weighted by atomic mass is 10.00. The number of Topliss-reactive ketones (excluding diaryl/α,β-unsaturated/α-hetero) is 2. The minimum Gasteiger partial charge on any atom is -0.493 e. The third kappa shape index (κ3) is 29.1. The summed E-state index contributed by atoms with van der Waals surface area (Å²) in [6.07, 6.45) is 26.0. The Balaban J connectivity index is 0.000000525. The van der Waals surface area contributed by atoms with Crippen LogP contribution in [0.1, 0.15) is 192 Å². The Hall–Kier alpha value is -4.32. The summed E-state index contributed by atoms with van der Waals surface area (Å²) in [4.78, 5) is 23.9. The number of carbonyl (C=O) groups excluding carboxylic acids is 2. The van der Waals surface area contributed by atoms with Crippen molar-refractivity contribution in [1.29, 1.82) is 0 Å². The number of ether oxygens (including phenoxy) is 6. The highest BCUT2D eigenvalue weighted by Crippen LogP contribution is 2.30. The van der Waals surface area contributed by atoms with E-state index >= 15 is 0 Å². The van der Waals surface area contributed by atoms with Crippen LogP contribution >= 0.6 is 0 Å². The minimum absolute atomic E-state index is 0.0710. The van der Waals surface area contributed by atoms with Crippen molar-refractivity contribution in [1.82, 2.24) is 0 Å². The lowest BCUT2D eigenvalue weighted by Gasteiger charge is -2.13. The molecule has 0 bridgehead atoms. The first-order valence-corrected chi connectivity index (χ1v) is 26.6. The molecule has 70 heavy (non-hydrogen) atoms. The van der Waals surface area contributed by atoms with Gasteiger partial charge in [-0.2, -0.15) is 0 Å². The highest BCUT2D eigenvalue weighted by molar-refractivity contribution is 5.83. The summed E-state index contributed by atoms with van der Waals surface area (Å²) in [6.45, 7) is 6.63. The number of aliphatic hydroxyl groups is 3. The molecule has 11 heteroatoms. The van der Waals surface area contributed by atoms with Crippen LogP contribution < -0.4 is 28.4 Å². The largest absolute Gasteiger partial charge is 0.493 e. The van der Waals surface area contributed by atoms with Crippen LogP contribution in [0.25, 0.3) is 0 Å². The molecule has 3 rings (SSSR count). The third-order valence-corrected chi connectivity index (χ3v) is 12.5. The van der Waals surface area contributed by atoms with Gasteiger partial charge in [-0.3, -0.25) is 9.59 Å². The normalized spacial score (nSPS) is 12.1. The molecule has 0 fully saturated rings. The van der Waals surface area contributed by atoms with Crippen LogP contribution in [0.5, 0.6) is 34.5 Å². The van der Waals surface area contributed by atoms with Crippen molar-refractivity contribution in [2.45, 2.75) is 212 Å². The lowest BCUT2D eigenvalue weighted by molar-refractivity contribution is -0.127. The number of rotatable bonds is 38. The summed E-state index contributed by atoms with van der Waals surface area (Å²) in [6, 6.07) is 16.9. The highest BCUT2D eigenvalue weighted by atomic mass is 16.5. The number of methoxy groups -OCH3 is 6. The van der Waals surface area contributed by atoms with E-state index in [0.29, 0.717) is 55.1 Å². The summed E-state index contributed by atoms with van der Waals surface area (Å²) in [5.74, 6) is 4.09. The van der Waals surface area contributed by atoms with E-state index in [1.54, 1.807) is 48.7 Å². The van der Waals surface area contributed by atoms with Crippen LogP contribution in [-0.4, -0.2) is 87.9 Å². The maximum Gasteiger partial charge on any atom is 0.161 e. The fraction of sp³-hybridized carbons (Fsp3) is 0.661. The Morgan fingerprint density at radius 2 is 0.729 bits per heavy atom. The first-order valence-electron chi connectivity index (χ1n) is 26.6. The molecule has 3 atom stereocenters. The molecular weight excluding hydrogens is 885 g/mol. The molecule has 3 aromatic rings. The molecule has 3 unspecified atom stereocenters. The van der Waals surface area contributed by atoms with E-state index < -0.39 is 12.2 Å². The lowest BCUT2D eigenvalue weighted by Crippen LogP contribution is -2.22. The van der Waals surface area contributed by atoms with Gasteiger partial charge in [-0.05, 0) is 85.2 Å².